The van der Waals surface area contributed by atoms with Crippen LogP contribution >= 0.6 is 0 Å². The van der Waals surface area contributed by atoms with Crippen molar-refractivity contribution in [3.63, 3.8) is 0 Å². The van der Waals surface area contributed by atoms with Gasteiger partial charge in [-0.2, -0.15) is 5.26 Å². The van der Waals surface area contributed by atoms with Crippen LogP contribution in [-0.4, -0.2) is 14.1 Å². The summed E-state index contributed by atoms with van der Waals surface area (Å²) in [6, 6.07) is 16.0. The van der Waals surface area contributed by atoms with E-state index in [1.807, 2.05) is 43.3 Å². The van der Waals surface area contributed by atoms with E-state index >= 15 is 0 Å². The molecule has 0 unspecified atom stereocenters. The molecule has 0 saturated carbocycles. The van der Waals surface area contributed by atoms with Gasteiger partial charge in [-0.3, -0.25) is 0 Å². The van der Waals surface area contributed by atoms with E-state index < -0.39 is 0 Å². The molecule has 2 aromatic rings. The minimum atomic E-state index is -0.304. The van der Waals surface area contributed by atoms with Crippen molar-refractivity contribution in [2.24, 2.45) is 0 Å². The van der Waals surface area contributed by atoms with Gasteiger partial charge in [0, 0.05) is 19.8 Å². The number of allylic oxidation sites excluding steroid dienone is 1. The van der Waals surface area contributed by atoms with Crippen LogP contribution in [0.15, 0.2) is 48.5 Å². The van der Waals surface area contributed by atoms with Crippen LogP contribution in [-0.2, 0) is 0 Å². The zero-order valence-corrected chi connectivity index (χ0v) is 11.5. The summed E-state index contributed by atoms with van der Waals surface area (Å²) in [5.41, 5.74) is 3.27. The van der Waals surface area contributed by atoms with E-state index in [0.29, 0.717) is 11.1 Å². The van der Waals surface area contributed by atoms with Crippen LogP contribution in [0.2, 0.25) is 0 Å². The molecule has 20 heavy (non-hydrogen) atoms. The van der Waals surface area contributed by atoms with Crippen molar-refractivity contribution in [3.8, 4) is 6.07 Å². The molecule has 0 saturated heterocycles. The van der Waals surface area contributed by atoms with Gasteiger partial charge in [0.05, 0.1) is 11.6 Å². The molecule has 2 aromatic carbocycles. The van der Waals surface area contributed by atoms with E-state index in [-0.39, 0.29) is 5.82 Å². The van der Waals surface area contributed by atoms with Gasteiger partial charge >= 0.3 is 0 Å². The van der Waals surface area contributed by atoms with E-state index in [0.717, 1.165) is 11.3 Å². The third kappa shape index (κ3) is 3.24. The van der Waals surface area contributed by atoms with Gasteiger partial charge in [0.15, 0.2) is 0 Å². The quantitative estimate of drug-likeness (QED) is 0.621. The fraction of sp³-hybridized carbons (Fsp3) is 0.118. The molecule has 0 radical (unpaired) electrons. The number of rotatable bonds is 3. The molecule has 2 rings (SSSR count). The first-order valence-corrected chi connectivity index (χ1v) is 6.25. The van der Waals surface area contributed by atoms with E-state index in [1.54, 1.807) is 18.2 Å². The summed E-state index contributed by atoms with van der Waals surface area (Å²) in [5, 5.41) is 9.23. The summed E-state index contributed by atoms with van der Waals surface area (Å²) in [6.07, 6.45) is 1.80. The Hall–Kier alpha value is -2.60. The Morgan fingerprint density at radius 1 is 1.05 bits per heavy atom. The standard InChI is InChI=1S/C17H15FN2/c1-20(2)17-9-3-13(4-10-17)11-15(12-19)14-5-7-16(18)8-6-14/h3-11H,1-2H3/b15-11+. The highest BCUT2D eigenvalue weighted by Crippen LogP contribution is 2.20. The summed E-state index contributed by atoms with van der Waals surface area (Å²) in [7, 11) is 3.95. The van der Waals surface area contributed by atoms with E-state index in [1.165, 1.54) is 12.1 Å². The largest absolute Gasteiger partial charge is 0.378 e. The van der Waals surface area contributed by atoms with Crippen molar-refractivity contribution >= 4 is 17.3 Å². The lowest BCUT2D eigenvalue weighted by atomic mass is 10.0. The van der Waals surface area contributed by atoms with Crippen LogP contribution in [0, 0.1) is 17.1 Å². The van der Waals surface area contributed by atoms with Crippen molar-refractivity contribution in [1.82, 2.24) is 0 Å². The number of nitrogens with zero attached hydrogens (tertiary/aromatic N) is 2. The Morgan fingerprint density at radius 2 is 1.65 bits per heavy atom. The SMILES string of the molecule is CN(C)c1ccc(/C=C(\C#N)c2ccc(F)cc2)cc1. The third-order valence-corrected chi connectivity index (χ3v) is 3.00. The second kappa shape index (κ2) is 6.03. The lowest BCUT2D eigenvalue weighted by Crippen LogP contribution is -2.07. The van der Waals surface area contributed by atoms with Gasteiger partial charge < -0.3 is 4.90 Å². The average Bonchev–Trinajstić information content (AvgIpc) is 2.46. The summed E-state index contributed by atoms with van der Waals surface area (Å²) < 4.78 is 12.9. The molecule has 0 aliphatic rings. The summed E-state index contributed by atoms with van der Waals surface area (Å²) in [5.74, 6) is -0.304. The number of benzene rings is 2. The molecule has 0 N–H and O–H groups in total. The van der Waals surface area contributed by atoms with Crippen molar-refractivity contribution in [1.29, 1.82) is 5.26 Å². The van der Waals surface area contributed by atoms with Gasteiger partial charge in [-0.05, 0) is 41.5 Å². The summed E-state index contributed by atoms with van der Waals surface area (Å²) >= 11 is 0. The number of hydrogen-bond acceptors (Lipinski definition) is 2. The zero-order chi connectivity index (χ0) is 14.5. The van der Waals surface area contributed by atoms with Crippen molar-refractivity contribution in [2.45, 2.75) is 0 Å². The van der Waals surface area contributed by atoms with Crippen LogP contribution in [0.4, 0.5) is 10.1 Å². The average molecular weight is 266 g/mol. The first-order chi connectivity index (χ1) is 9.60. The number of anilines is 1. The molecular weight excluding hydrogens is 251 g/mol. The predicted octanol–water partition coefficient (Wildman–Crippen LogP) is 3.96. The van der Waals surface area contributed by atoms with Gasteiger partial charge in [-0.15, -0.1) is 0 Å². The van der Waals surface area contributed by atoms with Gasteiger partial charge in [-0.25, -0.2) is 4.39 Å². The lowest BCUT2D eigenvalue weighted by molar-refractivity contribution is 0.627. The van der Waals surface area contributed by atoms with Crippen molar-refractivity contribution < 1.29 is 4.39 Å². The summed E-state index contributed by atoms with van der Waals surface area (Å²) in [4.78, 5) is 2.01. The first-order valence-electron chi connectivity index (χ1n) is 6.25. The maximum Gasteiger partial charge on any atom is 0.123 e. The van der Waals surface area contributed by atoms with Gasteiger partial charge in [0.1, 0.15) is 5.82 Å². The van der Waals surface area contributed by atoms with Gasteiger partial charge in [-0.1, -0.05) is 24.3 Å². The van der Waals surface area contributed by atoms with E-state index in [9.17, 15) is 9.65 Å². The van der Waals surface area contributed by atoms with Crippen molar-refractivity contribution in [3.05, 3.63) is 65.5 Å². The molecule has 0 spiro atoms. The topological polar surface area (TPSA) is 27.0 Å². The van der Waals surface area contributed by atoms with Crippen LogP contribution < -0.4 is 4.90 Å². The highest BCUT2D eigenvalue weighted by atomic mass is 19.1. The molecule has 0 fully saturated rings. The molecule has 3 heteroatoms. The Morgan fingerprint density at radius 3 is 2.15 bits per heavy atom. The Labute approximate surface area is 118 Å². The zero-order valence-electron chi connectivity index (χ0n) is 11.5. The second-order valence-electron chi connectivity index (χ2n) is 4.66. The summed E-state index contributed by atoms with van der Waals surface area (Å²) in [6.45, 7) is 0. The van der Waals surface area contributed by atoms with Gasteiger partial charge in [0.25, 0.3) is 0 Å². The smallest absolute Gasteiger partial charge is 0.123 e. The molecule has 0 aliphatic carbocycles. The molecule has 0 bridgehead atoms. The minimum absolute atomic E-state index is 0.304. The highest BCUT2D eigenvalue weighted by Gasteiger charge is 2.02. The van der Waals surface area contributed by atoms with Crippen LogP contribution in [0.5, 0.6) is 0 Å². The Bertz CT molecular complexity index is 647. The Balaban J connectivity index is 2.31. The monoisotopic (exact) mass is 266 g/mol. The first kappa shape index (κ1) is 13.8. The van der Waals surface area contributed by atoms with Gasteiger partial charge in [0.2, 0.25) is 0 Å². The number of hydrogen-bond donors (Lipinski definition) is 0. The molecule has 2 nitrogen and oxygen atoms in total. The van der Waals surface area contributed by atoms with Crippen LogP contribution in [0.3, 0.4) is 0 Å². The molecule has 0 heterocycles. The molecule has 0 aromatic heterocycles. The number of nitriles is 1. The Kier molecular flexibility index (Phi) is 4.17. The number of halogens is 1. The molecular formula is C17H15FN2. The maximum absolute atomic E-state index is 12.9. The van der Waals surface area contributed by atoms with Crippen LogP contribution in [0.1, 0.15) is 11.1 Å². The normalized spacial score (nSPS) is 11.0. The van der Waals surface area contributed by atoms with E-state index in [2.05, 4.69) is 6.07 Å². The third-order valence-electron chi connectivity index (χ3n) is 3.00. The maximum atomic E-state index is 12.9. The fourth-order valence-electron chi connectivity index (χ4n) is 1.84. The van der Waals surface area contributed by atoms with Crippen LogP contribution in [0.25, 0.3) is 11.6 Å². The second-order valence-corrected chi connectivity index (χ2v) is 4.66. The molecule has 0 amide bonds. The predicted molar refractivity (Wildman–Crippen MR) is 80.7 cm³/mol. The lowest BCUT2D eigenvalue weighted by Gasteiger charge is -2.11. The van der Waals surface area contributed by atoms with Crippen molar-refractivity contribution in [2.75, 3.05) is 19.0 Å². The molecule has 0 aliphatic heterocycles. The fourth-order valence-corrected chi connectivity index (χ4v) is 1.84. The minimum Gasteiger partial charge on any atom is -0.378 e. The molecule has 0 atom stereocenters. The molecule has 100 valence electrons. The van der Waals surface area contributed by atoms with E-state index in [4.69, 9.17) is 0 Å². The highest BCUT2D eigenvalue weighted by molar-refractivity contribution is 5.89.